The lowest BCUT2D eigenvalue weighted by molar-refractivity contribution is -0.127. The quantitative estimate of drug-likeness (QED) is 0.422. The van der Waals surface area contributed by atoms with Crippen molar-refractivity contribution in [1.82, 2.24) is 4.90 Å². The molecule has 7 nitrogen and oxygen atoms in total. The van der Waals surface area contributed by atoms with Crippen LogP contribution in [0.4, 0.5) is 10.5 Å². The van der Waals surface area contributed by atoms with Crippen LogP contribution in [0.1, 0.15) is 23.6 Å². The van der Waals surface area contributed by atoms with Crippen molar-refractivity contribution in [1.29, 1.82) is 0 Å². The second-order valence-electron chi connectivity index (χ2n) is 7.32. The Morgan fingerprint density at radius 3 is 2.58 bits per heavy atom. The van der Waals surface area contributed by atoms with E-state index < -0.39 is 17.1 Å². The minimum atomic E-state index is -0.511. The van der Waals surface area contributed by atoms with Crippen LogP contribution in [-0.4, -0.2) is 42.2 Å². The summed E-state index contributed by atoms with van der Waals surface area (Å²) in [4.78, 5) is 38.9. The van der Waals surface area contributed by atoms with E-state index in [-0.39, 0.29) is 11.4 Å². The van der Waals surface area contributed by atoms with E-state index in [2.05, 4.69) is 11.9 Å². The highest BCUT2D eigenvalue weighted by Gasteiger charge is 2.36. The van der Waals surface area contributed by atoms with E-state index in [4.69, 9.17) is 9.47 Å². The maximum Gasteiger partial charge on any atom is 0.294 e. The number of thioether (sulfide) groups is 1. The number of nitrogens with one attached hydrogen (secondary N) is 1. The molecule has 1 saturated heterocycles. The lowest BCUT2D eigenvalue weighted by atomic mass is 10.0. The number of carbonyl (C=O) groups is 3. The standard InChI is InChI=1S/C25H26N2O5S/c1-5-7-18-12-17(13-20(32-6-2)23(18)31-4)14-21-24(29)27(25(30)33-21)15-22(28)26-19-10-8-16(3)9-11-19/h5,8-14H,1,6-7,15H2,2-4H3,(H,26,28)/b21-14+. The number of hydrogen-bond acceptors (Lipinski definition) is 6. The third-order valence-electron chi connectivity index (χ3n) is 4.83. The number of imide groups is 1. The molecule has 0 spiro atoms. The first kappa shape index (κ1) is 24.1. The van der Waals surface area contributed by atoms with E-state index in [1.807, 2.05) is 32.0 Å². The van der Waals surface area contributed by atoms with Crippen molar-refractivity contribution in [2.45, 2.75) is 20.3 Å². The van der Waals surface area contributed by atoms with E-state index >= 15 is 0 Å². The van der Waals surface area contributed by atoms with Crippen LogP contribution in [0, 0.1) is 6.92 Å². The average molecular weight is 467 g/mol. The van der Waals surface area contributed by atoms with E-state index in [1.54, 1.807) is 37.5 Å². The maximum atomic E-state index is 12.9. The van der Waals surface area contributed by atoms with Gasteiger partial charge in [0.25, 0.3) is 11.1 Å². The van der Waals surface area contributed by atoms with Gasteiger partial charge in [-0.05, 0) is 67.9 Å². The Labute approximate surface area is 197 Å². The van der Waals surface area contributed by atoms with Crippen LogP contribution in [0.15, 0.2) is 54.0 Å². The minimum absolute atomic E-state index is 0.236. The molecular weight excluding hydrogens is 440 g/mol. The molecule has 0 aliphatic carbocycles. The predicted octanol–water partition coefficient (Wildman–Crippen LogP) is 4.81. The fourth-order valence-electron chi connectivity index (χ4n) is 3.34. The maximum absolute atomic E-state index is 12.9. The van der Waals surface area contributed by atoms with E-state index in [0.717, 1.165) is 27.8 Å². The summed E-state index contributed by atoms with van der Waals surface area (Å²) in [7, 11) is 1.57. The number of rotatable bonds is 9. The van der Waals surface area contributed by atoms with Crippen molar-refractivity contribution < 1.29 is 23.9 Å². The molecule has 0 radical (unpaired) electrons. The Morgan fingerprint density at radius 2 is 1.94 bits per heavy atom. The predicted molar refractivity (Wildman–Crippen MR) is 131 cm³/mol. The molecule has 1 N–H and O–H groups in total. The zero-order valence-corrected chi connectivity index (χ0v) is 19.7. The molecule has 0 atom stereocenters. The summed E-state index contributed by atoms with van der Waals surface area (Å²) in [6.07, 6.45) is 3.92. The van der Waals surface area contributed by atoms with Gasteiger partial charge >= 0.3 is 0 Å². The molecule has 0 unspecified atom stereocenters. The molecule has 0 saturated carbocycles. The molecule has 1 heterocycles. The molecule has 172 valence electrons. The Kier molecular flexibility index (Phi) is 7.95. The number of ether oxygens (including phenoxy) is 2. The summed E-state index contributed by atoms with van der Waals surface area (Å²) in [6, 6.07) is 10.9. The van der Waals surface area contributed by atoms with Crippen LogP contribution >= 0.6 is 11.8 Å². The zero-order chi connectivity index (χ0) is 24.0. The normalized spacial score (nSPS) is 14.5. The second kappa shape index (κ2) is 10.9. The molecular formula is C25H26N2O5S. The van der Waals surface area contributed by atoms with Gasteiger partial charge < -0.3 is 14.8 Å². The molecule has 0 bridgehead atoms. The summed E-state index contributed by atoms with van der Waals surface area (Å²) >= 11 is 0.802. The van der Waals surface area contributed by atoms with Crippen molar-refractivity contribution in [3.63, 3.8) is 0 Å². The van der Waals surface area contributed by atoms with Crippen molar-refractivity contribution in [2.75, 3.05) is 25.6 Å². The van der Waals surface area contributed by atoms with Gasteiger partial charge in [-0.3, -0.25) is 19.3 Å². The number of hydrogen-bond donors (Lipinski definition) is 1. The Balaban J connectivity index is 1.80. The van der Waals surface area contributed by atoms with Crippen LogP contribution in [0.2, 0.25) is 0 Å². The lowest BCUT2D eigenvalue weighted by Gasteiger charge is -2.14. The van der Waals surface area contributed by atoms with E-state index in [9.17, 15) is 14.4 Å². The number of anilines is 1. The van der Waals surface area contributed by atoms with Crippen LogP contribution in [-0.2, 0) is 16.0 Å². The smallest absolute Gasteiger partial charge is 0.294 e. The van der Waals surface area contributed by atoms with Crippen molar-refractivity contribution in [3.8, 4) is 11.5 Å². The van der Waals surface area contributed by atoms with Crippen LogP contribution < -0.4 is 14.8 Å². The number of carbonyl (C=O) groups excluding carboxylic acids is 3. The van der Waals surface area contributed by atoms with Gasteiger partial charge in [0.05, 0.1) is 18.6 Å². The third kappa shape index (κ3) is 5.84. The van der Waals surface area contributed by atoms with Crippen LogP contribution in [0.5, 0.6) is 11.5 Å². The minimum Gasteiger partial charge on any atom is -0.493 e. The summed E-state index contributed by atoms with van der Waals surface area (Å²) in [5.74, 6) is 0.193. The number of benzene rings is 2. The topological polar surface area (TPSA) is 84.9 Å². The lowest BCUT2D eigenvalue weighted by Crippen LogP contribution is -2.36. The zero-order valence-electron chi connectivity index (χ0n) is 18.8. The molecule has 1 fully saturated rings. The largest absolute Gasteiger partial charge is 0.493 e. The van der Waals surface area contributed by atoms with E-state index in [0.29, 0.717) is 35.8 Å². The van der Waals surface area contributed by atoms with Gasteiger partial charge in [0.1, 0.15) is 6.54 Å². The second-order valence-corrected chi connectivity index (χ2v) is 8.31. The van der Waals surface area contributed by atoms with Crippen molar-refractivity contribution in [3.05, 3.63) is 70.6 Å². The molecule has 0 aromatic heterocycles. The molecule has 2 aromatic carbocycles. The Morgan fingerprint density at radius 1 is 1.21 bits per heavy atom. The molecule has 2 aromatic rings. The number of amides is 3. The fraction of sp³-hybridized carbons (Fsp3) is 0.240. The van der Waals surface area contributed by atoms with Crippen molar-refractivity contribution >= 4 is 40.6 Å². The highest BCUT2D eigenvalue weighted by atomic mass is 32.2. The molecule has 8 heteroatoms. The van der Waals surface area contributed by atoms with Gasteiger partial charge in [-0.25, -0.2) is 0 Å². The first-order chi connectivity index (χ1) is 15.9. The summed E-state index contributed by atoms with van der Waals surface area (Å²) in [6.45, 7) is 7.67. The van der Waals surface area contributed by atoms with Gasteiger partial charge in [-0.15, -0.1) is 6.58 Å². The van der Waals surface area contributed by atoms with Gasteiger partial charge in [0, 0.05) is 11.3 Å². The summed E-state index contributed by atoms with van der Waals surface area (Å²) < 4.78 is 11.2. The van der Waals surface area contributed by atoms with Gasteiger partial charge in [-0.2, -0.15) is 0 Å². The molecule has 1 aliphatic rings. The first-order valence-corrected chi connectivity index (χ1v) is 11.2. The molecule has 3 rings (SSSR count). The SMILES string of the molecule is C=CCc1cc(/C=C2/SC(=O)N(CC(=O)Nc3ccc(C)cc3)C2=O)cc(OCC)c1OC. The molecule has 1 aliphatic heterocycles. The summed E-state index contributed by atoms with van der Waals surface area (Å²) in [5, 5.41) is 2.21. The van der Waals surface area contributed by atoms with E-state index in [1.165, 1.54) is 0 Å². The highest BCUT2D eigenvalue weighted by molar-refractivity contribution is 8.18. The first-order valence-electron chi connectivity index (χ1n) is 10.4. The number of allylic oxidation sites excluding steroid dienone is 1. The summed E-state index contributed by atoms with van der Waals surface area (Å²) in [5.41, 5.74) is 3.20. The third-order valence-corrected chi connectivity index (χ3v) is 5.74. The van der Waals surface area contributed by atoms with Gasteiger partial charge in [0.15, 0.2) is 11.5 Å². The monoisotopic (exact) mass is 466 g/mol. The average Bonchev–Trinajstić information content (AvgIpc) is 3.03. The highest BCUT2D eigenvalue weighted by Crippen LogP contribution is 2.37. The van der Waals surface area contributed by atoms with Crippen molar-refractivity contribution in [2.24, 2.45) is 0 Å². The number of nitrogens with zero attached hydrogens (tertiary/aromatic N) is 1. The number of methoxy groups -OCH3 is 1. The molecule has 33 heavy (non-hydrogen) atoms. The molecule has 3 amide bonds. The fourth-order valence-corrected chi connectivity index (χ4v) is 4.18. The van der Waals surface area contributed by atoms with Gasteiger partial charge in [-0.1, -0.05) is 23.8 Å². The van der Waals surface area contributed by atoms with Gasteiger partial charge in [0.2, 0.25) is 5.91 Å². The van der Waals surface area contributed by atoms with Crippen LogP contribution in [0.3, 0.4) is 0 Å². The Hall–Kier alpha value is -3.52. The van der Waals surface area contributed by atoms with Crippen LogP contribution in [0.25, 0.3) is 6.08 Å². The Bertz CT molecular complexity index is 1110. The number of aryl methyl sites for hydroxylation is 1.